The lowest BCUT2D eigenvalue weighted by atomic mass is 10.2. The van der Waals surface area contributed by atoms with Crippen LogP contribution in [0.25, 0.3) is 10.2 Å². The maximum Gasteiger partial charge on any atom is 0.269 e. The quantitative estimate of drug-likeness (QED) is 0.695. The number of thiazole rings is 1. The zero-order valence-corrected chi connectivity index (χ0v) is 14.4. The lowest BCUT2D eigenvalue weighted by Gasteiger charge is -2.06. The molecular formula is C17H17N3O3S. The van der Waals surface area contributed by atoms with Crippen molar-refractivity contribution in [1.29, 1.82) is 0 Å². The number of carbonyl (C=O) groups is 1. The van der Waals surface area contributed by atoms with Gasteiger partial charge in [0.05, 0.1) is 18.9 Å². The Kier molecular flexibility index (Phi) is 4.52. The summed E-state index contributed by atoms with van der Waals surface area (Å²) < 4.78 is 11.5. The Balaban J connectivity index is 1.78. The van der Waals surface area contributed by atoms with Crippen LogP contribution >= 0.6 is 11.3 Å². The molecule has 0 bridgehead atoms. The number of aromatic nitrogens is 1. The molecule has 0 unspecified atom stereocenters. The minimum atomic E-state index is -0.267. The molecule has 6 nitrogen and oxygen atoms in total. The highest BCUT2D eigenvalue weighted by Gasteiger charge is 2.12. The zero-order chi connectivity index (χ0) is 17.1. The highest BCUT2D eigenvalue weighted by atomic mass is 32.1. The first-order valence-corrected chi connectivity index (χ1v) is 8.08. The molecule has 3 aromatic rings. The SMILES string of the molecule is COc1cccc(C(=O)NNc2nc3c(OC)ccc(C)c3s2)c1. The third-order valence-corrected chi connectivity index (χ3v) is 4.64. The number of hydrogen-bond acceptors (Lipinski definition) is 6. The van der Waals surface area contributed by atoms with Crippen molar-refractivity contribution in [2.75, 3.05) is 19.6 Å². The number of methoxy groups -OCH3 is 2. The van der Waals surface area contributed by atoms with Gasteiger partial charge >= 0.3 is 0 Å². The van der Waals surface area contributed by atoms with Gasteiger partial charge in [0.1, 0.15) is 17.0 Å². The molecule has 0 saturated carbocycles. The van der Waals surface area contributed by atoms with Gasteiger partial charge in [-0.2, -0.15) is 0 Å². The summed E-state index contributed by atoms with van der Waals surface area (Å²) in [7, 11) is 3.17. The summed E-state index contributed by atoms with van der Waals surface area (Å²) in [5, 5.41) is 0.592. The first kappa shape index (κ1) is 16.1. The fraction of sp³-hybridized carbons (Fsp3) is 0.176. The summed E-state index contributed by atoms with van der Waals surface area (Å²) >= 11 is 1.46. The number of ether oxygens (including phenoxy) is 2. The predicted molar refractivity (Wildman–Crippen MR) is 95.0 cm³/mol. The first-order valence-electron chi connectivity index (χ1n) is 7.27. The molecule has 0 aliphatic heterocycles. The van der Waals surface area contributed by atoms with E-state index in [0.717, 1.165) is 15.8 Å². The third kappa shape index (κ3) is 3.11. The Bertz CT molecular complexity index is 892. The number of hydrogen-bond donors (Lipinski definition) is 2. The van der Waals surface area contributed by atoms with E-state index in [1.165, 1.54) is 11.3 Å². The van der Waals surface area contributed by atoms with E-state index in [1.807, 2.05) is 19.1 Å². The average molecular weight is 343 g/mol. The van der Waals surface area contributed by atoms with Crippen LogP contribution in [0.15, 0.2) is 36.4 Å². The number of anilines is 1. The van der Waals surface area contributed by atoms with E-state index in [0.29, 0.717) is 22.2 Å². The third-order valence-electron chi connectivity index (χ3n) is 3.54. The van der Waals surface area contributed by atoms with Crippen LogP contribution in [-0.2, 0) is 0 Å². The monoisotopic (exact) mass is 343 g/mol. The summed E-state index contributed by atoms with van der Waals surface area (Å²) in [6.07, 6.45) is 0. The van der Waals surface area contributed by atoms with Crippen LogP contribution in [0.1, 0.15) is 15.9 Å². The van der Waals surface area contributed by atoms with E-state index in [1.54, 1.807) is 38.5 Å². The molecule has 7 heteroatoms. The van der Waals surface area contributed by atoms with Crippen molar-refractivity contribution in [3.05, 3.63) is 47.5 Å². The molecular weight excluding hydrogens is 326 g/mol. The van der Waals surface area contributed by atoms with Crippen molar-refractivity contribution in [3.63, 3.8) is 0 Å². The second-order valence-electron chi connectivity index (χ2n) is 5.09. The lowest BCUT2D eigenvalue weighted by Crippen LogP contribution is -2.29. The summed E-state index contributed by atoms with van der Waals surface area (Å²) in [6.45, 7) is 2.01. The fourth-order valence-electron chi connectivity index (χ4n) is 2.27. The predicted octanol–water partition coefficient (Wildman–Crippen LogP) is 3.38. The molecule has 1 heterocycles. The van der Waals surface area contributed by atoms with Gasteiger partial charge in [0, 0.05) is 5.56 Å². The molecule has 124 valence electrons. The minimum Gasteiger partial charge on any atom is -0.497 e. The van der Waals surface area contributed by atoms with Gasteiger partial charge in [0.25, 0.3) is 5.91 Å². The Labute approximate surface area is 143 Å². The molecule has 1 aromatic heterocycles. The number of carbonyl (C=O) groups excluding carboxylic acids is 1. The maximum atomic E-state index is 12.2. The van der Waals surface area contributed by atoms with Crippen LogP contribution in [0.3, 0.4) is 0 Å². The molecule has 24 heavy (non-hydrogen) atoms. The molecule has 1 amide bonds. The average Bonchev–Trinajstić information content (AvgIpc) is 3.05. The first-order chi connectivity index (χ1) is 11.6. The van der Waals surface area contributed by atoms with Crippen molar-refractivity contribution >= 4 is 32.6 Å². The number of aryl methyl sites for hydroxylation is 1. The van der Waals surface area contributed by atoms with Crippen molar-refractivity contribution in [3.8, 4) is 11.5 Å². The normalized spacial score (nSPS) is 10.5. The van der Waals surface area contributed by atoms with E-state index in [-0.39, 0.29) is 5.91 Å². The number of nitrogens with zero attached hydrogens (tertiary/aromatic N) is 1. The van der Waals surface area contributed by atoms with Crippen LogP contribution in [0, 0.1) is 6.92 Å². The van der Waals surface area contributed by atoms with Crippen molar-refractivity contribution in [1.82, 2.24) is 10.4 Å². The summed E-state index contributed by atoms with van der Waals surface area (Å²) in [4.78, 5) is 16.7. The highest BCUT2D eigenvalue weighted by molar-refractivity contribution is 7.22. The van der Waals surface area contributed by atoms with Crippen LogP contribution in [0.5, 0.6) is 11.5 Å². The van der Waals surface area contributed by atoms with Gasteiger partial charge in [0.2, 0.25) is 5.13 Å². The van der Waals surface area contributed by atoms with Crippen molar-refractivity contribution < 1.29 is 14.3 Å². The molecule has 0 fully saturated rings. The van der Waals surface area contributed by atoms with E-state index in [9.17, 15) is 4.79 Å². The highest BCUT2D eigenvalue weighted by Crippen LogP contribution is 2.34. The molecule has 0 aliphatic carbocycles. The molecule has 0 spiro atoms. The van der Waals surface area contributed by atoms with E-state index in [4.69, 9.17) is 9.47 Å². The van der Waals surface area contributed by atoms with E-state index >= 15 is 0 Å². The van der Waals surface area contributed by atoms with Gasteiger partial charge in [-0.1, -0.05) is 23.5 Å². The summed E-state index contributed by atoms with van der Waals surface area (Å²) in [6, 6.07) is 10.8. The second-order valence-corrected chi connectivity index (χ2v) is 6.09. The zero-order valence-electron chi connectivity index (χ0n) is 13.5. The molecule has 0 saturated heterocycles. The molecule has 2 N–H and O–H groups in total. The lowest BCUT2D eigenvalue weighted by molar-refractivity contribution is 0.0962. The topological polar surface area (TPSA) is 72.5 Å². The number of benzene rings is 2. The van der Waals surface area contributed by atoms with Crippen LogP contribution in [0.2, 0.25) is 0 Å². The van der Waals surface area contributed by atoms with Gasteiger partial charge in [0.15, 0.2) is 0 Å². The Morgan fingerprint density at radius 3 is 2.75 bits per heavy atom. The smallest absolute Gasteiger partial charge is 0.269 e. The standard InChI is InChI=1S/C17H17N3O3S/c1-10-7-8-13(23-3)14-15(10)24-17(18-14)20-19-16(21)11-5-4-6-12(9-11)22-2/h4-9H,1-3H3,(H,18,20)(H,19,21). The number of rotatable bonds is 5. The molecule has 0 radical (unpaired) electrons. The van der Waals surface area contributed by atoms with Gasteiger partial charge in [-0.15, -0.1) is 0 Å². The van der Waals surface area contributed by atoms with Crippen LogP contribution in [-0.4, -0.2) is 25.1 Å². The largest absolute Gasteiger partial charge is 0.497 e. The Morgan fingerprint density at radius 1 is 1.17 bits per heavy atom. The fourth-order valence-corrected chi connectivity index (χ4v) is 3.18. The summed E-state index contributed by atoms with van der Waals surface area (Å²) in [5.74, 6) is 1.07. The molecule has 3 rings (SSSR count). The van der Waals surface area contributed by atoms with E-state index < -0.39 is 0 Å². The Morgan fingerprint density at radius 2 is 2.00 bits per heavy atom. The molecule has 2 aromatic carbocycles. The van der Waals surface area contributed by atoms with Gasteiger partial charge in [-0.05, 0) is 36.8 Å². The van der Waals surface area contributed by atoms with Crippen LogP contribution < -0.4 is 20.3 Å². The van der Waals surface area contributed by atoms with Gasteiger partial charge in [-0.25, -0.2) is 4.98 Å². The maximum absolute atomic E-state index is 12.2. The van der Waals surface area contributed by atoms with Gasteiger partial charge in [-0.3, -0.25) is 15.6 Å². The minimum absolute atomic E-state index is 0.267. The number of fused-ring (bicyclic) bond motifs is 1. The summed E-state index contributed by atoms with van der Waals surface area (Å²) in [5.41, 5.74) is 7.89. The number of nitrogens with one attached hydrogen (secondary N) is 2. The molecule has 0 atom stereocenters. The van der Waals surface area contributed by atoms with Crippen molar-refractivity contribution in [2.45, 2.75) is 6.92 Å². The van der Waals surface area contributed by atoms with E-state index in [2.05, 4.69) is 15.8 Å². The second kappa shape index (κ2) is 6.76. The number of hydrazine groups is 1. The van der Waals surface area contributed by atoms with Gasteiger partial charge < -0.3 is 9.47 Å². The Hall–Kier alpha value is -2.80. The molecule has 0 aliphatic rings. The number of amides is 1. The van der Waals surface area contributed by atoms with Crippen molar-refractivity contribution in [2.24, 2.45) is 0 Å². The van der Waals surface area contributed by atoms with Crippen LogP contribution in [0.4, 0.5) is 5.13 Å².